The first-order valence-corrected chi connectivity index (χ1v) is 11.0. The van der Waals surface area contributed by atoms with Gasteiger partial charge >= 0.3 is 5.97 Å². The Balaban J connectivity index is 1.56. The van der Waals surface area contributed by atoms with Crippen LogP contribution in [0.4, 0.5) is 17.1 Å². The van der Waals surface area contributed by atoms with Crippen LogP contribution in [0.2, 0.25) is 0 Å². The third kappa shape index (κ3) is 5.23. The Morgan fingerprint density at radius 1 is 0.943 bits per heavy atom. The van der Waals surface area contributed by atoms with Gasteiger partial charge in [0.1, 0.15) is 5.75 Å². The number of carbonyl (C=O) groups is 2. The predicted molar refractivity (Wildman–Crippen MR) is 133 cm³/mol. The molecule has 1 fully saturated rings. The van der Waals surface area contributed by atoms with Crippen LogP contribution in [0.25, 0.3) is 6.08 Å². The van der Waals surface area contributed by atoms with E-state index < -0.39 is 27.2 Å². The summed E-state index contributed by atoms with van der Waals surface area (Å²) in [5, 5.41) is 22.1. The van der Waals surface area contributed by atoms with Gasteiger partial charge in [0.25, 0.3) is 17.3 Å². The molecule has 0 spiro atoms. The second kappa shape index (κ2) is 9.83. The number of para-hydroxylation sites is 1. The standard InChI is InChI=1S/C23H13N3O7S2/c27-21-20(35-23(34)24(21)16-6-2-1-3-7-16)10-14-5-4-8-19(9-14)33-22(28)15-11-17(25(29)30)13-18(12-15)26(31)32/h1-13H/b20-10+. The zero-order valence-corrected chi connectivity index (χ0v) is 19.2. The quantitative estimate of drug-likeness (QED) is 0.111. The molecule has 0 aliphatic carbocycles. The van der Waals surface area contributed by atoms with Gasteiger partial charge in [-0.05, 0) is 35.9 Å². The smallest absolute Gasteiger partial charge is 0.344 e. The summed E-state index contributed by atoms with van der Waals surface area (Å²) in [6.45, 7) is 0. The molecule has 0 atom stereocenters. The lowest BCUT2D eigenvalue weighted by atomic mass is 10.1. The number of ether oxygens (including phenoxy) is 1. The number of thioether (sulfide) groups is 1. The molecular weight excluding hydrogens is 494 g/mol. The monoisotopic (exact) mass is 507 g/mol. The molecule has 3 aromatic carbocycles. The minimum absolute atomic E-state index is 0.0800. The maximum Gasteiger partial charge on any atom is 0.344 e. The molecule has 10 nitrogen and oxygen atoms in total. The van der Waals surface area contributed by atoms with Gasteiger partial charge in [0, 0.05) is 12.1 Å². The van der Waals surface area contributed by atoms with Gasteiger partial charge in [-0.25, -0.2) is 4.79 Å². The summed E-state index contributed by atoms with van der Waals surface area (Å²) >= 11 is 6.48. The van der Waals surface area contributed by atoms with Gasteiger partial charge in [0.05, 0.1) is 32.1 Å². The molecule has 1 saturated heterocycles. The van der Waals surface area contributed by atoms with E-state index in [-0.39, 0.29) is 17.2 Å². The highest BCUT2D eigenvalue weighted by Crippen LogP contribution is 2.36. The van der Waals surface area contributed by atoms with Crippen LogP contribution in [-0.4, -0.2) is 26.0 Å². The average molecular weight is 508 g/mol. The average Bonchev–Trinajstić information content (AvgIpc) is 3.11. The van der Waals surface area contributed by atoms with Crippen molar-refractivity contribution in [2.75, 3.05) is 4.90 Å². The third-order valence-electron chi connectivity index (χ3n) is 4.73. The van der Waals surface area contributed by atoms with Crippen molar-refractivity contribution >= 4 is 63.3 Å². The van der Waals surface area contributed by atoms with E-state index in [9.17, 15) is 29.8 Å². The maximum atomic E-state index is 12.9. The lowest BCUT2D eigenvalue weighted by Crippen LogP contribution is -2.27. The normalized spacial score (nSPS) is 14.3. The van der Waals surface area contributed by atoms with Crippen molar-refractivity contribution in [3.05, 3.63) is 109 Å². The molecule has 0 saturated carbocycles. The highest BCUT2D eigenvalue weighted by molar-refractivity contribution is 8.27. The van der Waals surface area contributed by atoms with Gasteiger partial charge < -0.3 is 4.74 Å². The Hall–Kier alpha value is -4.42. The highest BCUT2D eigenvalue weighted by Gasteiger charge is 2.33. The van der Waals surface area contributed by atoms with Gasteiger partial charge in [-0.3, -0.25) is 29.9 Å². The number of nitro benzene ring substituents is 2. The Labute approximate surface area is 207 Å². The number of nitrogens with zero attached hydrogens (tertiary/aromatic N) is 3. The first kappa shape index (κ1) is 23.7. The van der Waals surface area contributed by atoms with E-state index in [1.54, 1.807) is 42.5 Å². The number of hydrogen-bond acceptors (Lipinski definition) is 9. The fourth-order valence-electron chi connectivity index (χ4n) is 3.18. The van der Waals surface area contributed by atoms with Crippen molar-refractivity contribution < 1.29 is 24.2 Å². The summed E-state index contributed by atoms with van der Waals surface area (Å²) in [7, 11) is 0. The van der Waals surface area contributed by atoms with E-state index in [4.69, 9.17) is 17.0 Å². The maximum absolute atomic E-state index is 12.9. The van der Waals surface area contributed by atoms with Gasteiger partial charge in [-0.2, -0.15) is 0 Å². The number of thiocarbonyl (C=S) groups is 1. The van der Waals surface area contributed by atoms with Crippen molar-refractivity contribution in [1.82, 2.24) is 0 Å². The first-order valence-electron chi connectivity index (χ1n) is 9.82. The van der Waals surface area contributed by atoms with Crippen LogP contribution in [0.5, 0.6) is 5.75 Å². The number of hydrogen-bond donors (Lipinski definition) is 0. The third-order valence-corrected chi connectivity index (χ3v) is 6.04. The number of esters is 1. The summed E-state index contributed by atoms with van der Waals surface area (Å²) in [6, 6.07) is 17.7. The molecule has 0 radical (unpaired) electrons. The molecular formula is C23H13N3O7S2. The number of carbonyl (C=O) groups excluding carboxylic acids is 2. The molecule has 1 aliphatic rings. The fourth-order valence-corrected chi connectivity index (χ4v) is 4.48. The number of amides is 1. The van der Waals surface area contributed by atoms with E-state index in [0.717, 1.165) is 30.0 Å². The molecule has 1 aliphatic heterocycles. The zero-order valence-electron chi connectivity index (χ0n) is 17.5. The molecule has 4 rings (SSSR count). The Bertz CT molecular complexity index is 1390. The fraction of sp³-hybridized carbons (Fsp3) is 0. The lowest BCUT2D eigenvalue weighted by Gasteiger charge is -2.13. The van der Waals surface area contributed by atoms with Crippen LogP contribution in [0.15, 0.2) is 77.7 Å². The minimum atomic E-state index is -1.01. The van der Waals surface area contributed by atoms with Crippen molar-refractivity contribution in [2.45, 2.75) is 0 Å². The summed E-state index contributed by atoms with van der Waals surface area (Å²) < 4.78 is 5.65. The minimum Gasteiger partial charge on any atom is -0.423 e. The van der Waals surface area contributed by atoms with E-state index in [1.807, 2.05) is 6.07 Å². The van der Waals surface area contributed by atoms with Crippen LogP contribution in [0.1, 0.15) is 15.9 Å². The topological polar surface area (TPSA) is 133 Å². The summed E-state index contributed by atoms with van der Waals surface area (Å²) in [6.07, 6.45) is 1.60. The zero-order chi connectivity index (χ0) is 25.1. The molecule has 0 unspecified atom stereocenters. The van der Waals surface area contributed by atoms with Crippen LogP contribution in [0.3, 0.4) is 0 Å². The van der Waals surface area contributed by atoms with Crippen LogP contribution >= 0.6 is 24.0 Å². The molecule has 0 aromatic heterocycles. The van der Waals surface area contributed by atoms with E-state index in [1.165, 1.54) is 17.0 Å². The molecule has 1 heterocycles. The Morgan fingerprint density at radius 2 is 1.60 bits per heavy atom. The number of rotatable bonds is 6. The summed E-state index contributed by atoms with van der Waals surface area (Å²) in [4.78, 5) is 47.7. The molecule has 1 amide bonds. The van der Waals surface area contributed by atoms with Crippen molar-refractivity contribution in [2.24, 2.45) is 0 Å². The van der Waals surface area contributed by atoms with Crippen molar-refractivity contribution in [3.8, 4) is 5.75 Å². The van der Waals surface area contributed by atoms with Crippen molar-refractivity contribution in [3.63, 3.8) is 0 Å². The van der Waals surface area contributed by atoms with Crippen LogP contribution in [0, 0.1) is 20.2 Å². The van der Waals surface area contributed by atoms with Gasteiger partial charge in [0.15, 0.2) is 4.32 Å². The number of non-ortho nitro benzene ring substituents is 2. The number of anilines is 1. The molecule has 0 N–H and O–H groups in total. The second-order valence-corrected chi connectivity index (χ2v) is 8.74. The Morgan fingerprint density at radius 3 is 2.23 bits per heavy atom. The summed E-state index contributed by atoms with van der Waals surface area (Å²) in [5.74, 6) is -1.22. The molecule has 3 aromatic rings. The van der Waals surface area contributed by atoms with E-state index >= 15 is 0 Å². The van der Waals surface area contributed by atoms with Gasteiger partial charge in [-0.15, -0.1) is 0 Å². The largest absolute Gasteiger partial charge is 0.423 e. The van der Waals surface area contributed by atoms with Gasteiger partial charge in [0.2, 0.25) is 0 Å². The first-order chi connectivity index (χ1) is 16.7. The molecule has 12 heteroatoms. The number of nitro groups is 2. The van der Waals surface area contributed by atoms with E-state index in [2.05, 4.69) is 0 Å². The van der Waals surface area contributed by atoms with E-state index in [0.29, 0.717) is 20.5 Å². The summed E-state index contributed by atoms with van der Waals surface area (Å²) in [5.41, 5.74) is -0.387. The van der Waals surface area contributed by atoms with Crippen LogP contribution in [-0.2, 0) is 4.79 Å². The predicted octanol–water partition coefficient (Wildman–Crippen LogP) is 5.13. The van der Waals surface area contributed by atoms with Crippen LogP contribution < -0.4 is 9.64 Å². The molecule has 174 valence electrons. The van der Waals surface area contributed by atoms with Crippen molar-refractivity contribution in [1.29, 1.82) is 0 Å². The highest BCUT2D eigenvalue weighted by atomic mass is 32.2. The molecule has 0 bridgehead atoms. The molecule has 35 heavy (non-hydrogen) atoms. The SMILES string of the molecule is O=C(Oc1cccc(/C=C2/SC(=S)N(c3ccccc3)C2=O)c1)c1cc([N+](=O)[O-])cc([N+](=O)[O-])c1. The second-order valence-electron chi connectivity index (χ2n) is 7.07. The lowest BCUT2D eigenvalue weighted by molar-refractivity contribution is -0.394. The number of benzene rings is 3. The van der Waals surface area contributed by atoms with Gasteiger partial charge in [-0.1, -0.05) is 54.3 Å². The Kier molecular flexibility index (Phi) is 6.66.